The third kappa shape index (κ3) is 4.13. The number of thioether (sulfide) groups is 1. The van der Waals surface area contributed by atoms with Gasteiger partial charge in [0, 0.05) is 17.2 Å². The van der Waals surface area contributed by atoms with Crippen molar-refractivity contribution in [2.45, 2.75) is 24.0 Å². The van der Waals surface area contributed by atoms with Crippen molar-refractivity contribution in [1.82, 2.24) is 9.97 Å². The van der Waals surface area contributed by atoms with Gasteiger partial charge in [-0.25, -0.2) is 4.98 Å². The maximum absolute atomic E-state index is 9.66. The first-order chi connectivity index (χ1) is 9.29. The van der Waals surface area contributed by atoms with Crippen LogP contribution in [0, 0.1) is 0 Å². The highest BCUT2D eigenvalue weighted by molar-refractivity contribution is 7.98. The molecular formula is C14H17N3OS. The van der Waals surface area contributed by atoms with E-state index in [9.17, 15) is 5.11 Å². The lowest BCUT2D eigenvalue weighted by molar-refractivity contribution is 0.462. The van der Waals surface area contributed by atoms with Crippen molar-refractivity contribution >= 4 is 17.6 Å². The zero-order chi connectivity index (χ0) is 13.5. The highest BCUT2D eigenvalue weighted by Crippen LogP contribution is 2.29. The minimum atomic E-state index is 0.307. The normalized spacial score (nSPS) is 10.4. The summed E-state index contributed by atoms with van der Waals surface area (Å²) in [6.07, 6.45) is 4.58. The lowest BCUT2D eigenvalue weighted by Gasteiger charge is -2.05. The average Bonchev–Trinajstić information content (AvgIpc) is 2.45. The van der Waals surface area contributed by atoms with Crippen LogP contribution in [0.3, 0.4) is 0 Å². The van der Waals surface area contributed by atoms with Crippen LogP contribution in [0.2, 0.25) is 0 Å². The van der Waals surface area contributed by atoms with Crippen LogP contribution in [-0.4, -0.2) is 21.6 Å². The zero-order valence-corrected chi connectivity index (χ0v) is 11.7. The minimum Gasteiger partial charge on any atom is -0.507 e. The minimum absolute atomic E-state index is 0.307. The molecule has 0 atom stereocenters. The quantitative estimate of drug-likeness (QED) is 0.792. The summed E-state index contributed by atoms with van der Waals surface area (Å²) in [5.74, 6) is 1.80. The summed E-state index contributed by atoms with van der Waals surface area (Å²) in [5, 5.41) is 12.8. The average molecular weight is 275 g/mol. The monoisotopic (exact) mass is 275 g/mol. The summed E-state index contributed by atoms with van der Waals surface area (Å²) in [7, 11) is 0. The highest BCUT2D eigenvalue weighted by atomic mass is 32.2. The maximum atomic E-state index is 9.66. The fourth-order valence-electron chi connectivity index (χ4n) is 1.50. The van der Waals surface area contributed by atoms with Crippen molar-refractivity contribution in [2.24, 2.45) is 0 Å². The number of nitrogens with zero attached hydrogens (tertiary/aromatic N) is 2. The van der Waals surface area contributed by atoms with Crippen molar-refractivity contribution in [2.75, 3.05) is 11.9 Å². The number of hydrogen-bond acceptors (Lipinski definition) is 5. The van der Waals surface area contributed by atoms with Crippen LogP contribution in [0.5, 0.6) is 5.75 Å². The molecule has 5 heteroatoms. The number of nitrogens with one attached hydrogen (secondary N) is 1. The Morgan fingerprint density at radius 2 is 2.05 bits per heavy atom. The van der Waals surface area contributed by atoms with Crippen LogP contribution in [-0.2, 0) is 5.75 Å². The Morgan fingerprint density at radius 3 is 2.74 bits per heavy atom. The van der Waals surface area contributed by atoms with Crippen molar-refractivity contribution in [1.29, 1.82) is 0 Å². The lowest BCUT2D eigenvalue weighted by Crippen LogP contribution is -2.02. The summed E-state index contributed by atoms with van der Waals surface area (Å²) in [6.45, 7) is 3.01. The molecule has 4 nitrogen and oxygen atoms in total. The molecule has 0 saturated carbocycles. The summed E-state index contributed by atoms with van der Waals surface area (Å²) >= 11 is 1.55. The van der Waals surface area contributed by atoms with Gasteiger partial charge in [0.15, 0.2) is 0 Å². The van der Waals surface area contributed by atoms with E-state index in [1.165, 1.54) is 0 Å². The summed E-state index contributed by atoms with van der Waals surface area (Å²) < 4.78 is 0. The van der Waals surface area contributed by atoms with Crippen LogP contribution < -0.4 is 5.32 Å². The molecule has 0 saturated heterocycles. The molecule has 1 heterocycles. The largest absolute Gasteiger partial charge is 0.507 e. The van der Waals surface area contributed by atoms with E-state index >= 15 is 0 Å². The first-order valence-corrected chi connectivity index (χ1v) is 7.23. The Kier molecular flexibility index (Phi) is 5.03. The van der Waals surface area contributed by atoms with Gasteiger partial charge in [-0.3, -0.25) is 4.98 Å². The molecule has 0 aliphatic rings. The predicted octanol–water partition coefficient (Wildman–Crippen LogP) is 3.30. The third-order valence-electron chi connectivity index (χ3n) is 2.50. The number of phenols is 1. The Labute approximate surface area is 117 Å². The number of benzene rings is 1. The fourth-order valence-corrected chi connectivity index (χ4v) is 2.35. The number of phenolic OH excluding ortho intramolecular Hbond substituents is 1. The van der Waals surface area contributed by atoms with E-state index in [1.807, 2.05) is 18.2 Å². The Balaban J connectivity index is 1.91. The summed E-state index contributed by atoms with van der Waals surface area (Å²) in [4.78, 5) is 9.51. The molecule has 1 aromatic carbocycles. The van der Waals surface area contributed by atoms with E-state index in [-0.39, 0.29) is 0 Å². The molecule has 0 unspecified atom stereocenters. The first-order valence-electron chi connectivity index (χ1n) is 6.25. The Morgan fingerprint density at radius 1 is 1.21 bits per heavy atom. The topological polar surface area (TPSA) is 58.0 Å². The number of rotatable bonds is 6. The molecule has 2 aromatic rings. The SMILES string of the molecule is CCCNc1cnc(CSc2ccccc2O)cn1. The van der Waals surface area contributed by atoms with Gasteiger partial charge in [0.05, 0.1) is 18.1 Å². The molecule has 0 bridgehead atoms. The van der Waals surface area contributed by atoms with Gasteiger partial charge in [0.2, 0.25) is 0 Å². The molecule has 0 aliphatic carbocycles. The fraction of sp³-hybridized carbons (Fsp3) is 0.286. The van der Waals surface area contributed by atoms with E-state index in [0.717, 1.165) is 29.4 Å². The number of para-hydroxylation sites is 1. The van der Waals surface area contributed by atoms with Gasteiger partial charge in [-0.1, -0.05) is 19.1 Å². The van der Waals surface area contributed by atoms with Gasteiger partial charge in [0.1, 0.15) is 11.6 Å². The van der Waals surface area contributed by atoms with Gasteiger partial charge in [-0.05, 0) is 18.6 Å². The smallest absolute Gasteiger partial charge is 0.144 e. The van der Waals surface area contributed by atoms with Gasteiger partial charge >= 0.3 is 0 Å². The second-order valence-corrected chi connectivity index (χ2v) is 5.09. The van der Waals surface area contributed by atoms with Crippen LogP contribution in [0.15, 0.2) is 41.6 Å². The molecule has 100 valence electrons. The Hall–Kier alpha value is -1.75. The summed E-state index contributed by atoms with van der Waals surface area (Å²) in [6, 6.07) is 7.30. The number of hydrogen-bond donors (Lipinski definition) is 2. The Bertz CT molecular complexity index is 516. The molecule has 2 N–H and O–H groups in total. The van der Waals surface area contributed by atoms with Crippen LogP contribution >= 0.6 is 11.8 Å². The molecule has 19 heavy (non-hydrogen) atoms. The summed E-state index contributed by atoms with van der Waals surface area (Å²) in [5.41, 5.74) is 0.898. The van der Waals surface area contributed by atoms with E-state index in [1.54, 1.807) is 30.2 Å². The predicted molar refractivity (Wildman–Crippen MR) is 78.5 cm³/mol. The molecular weight excluding hydrogens is 258 g/mol. The van der Waals surface area contributed by atoms with Gasteiger partial charge < -0.3 is 10.4 Å². The number of aromatic hydroxyl groups is 1. The molecule has 0 spiro atoms. The van der Waals surface area contributed by atoms with Crippen molar-refractivity contribution in [3.63, 3.8) is 0 Å². The molecule has 1 aromatic heterocycles. The lowest BCUT2D eigenvalue weighted by atomic mass is 10.3. The van der Waals surface area contributed by atoms with E-state index < -0.39 is 0 Å². The van der Waals surface area contributed by atoms with Gasteiger partial charge in [-0.15, -0.1) is 11.8 Å². The van der Waals surface area contributed by atoms with E-state index in [2.05, 4.69) is 22.2 Å². The van der Waals surface area contributed by atoms with Crippen molar-refractivity contribution in [3.05, 3.63) is 42.4 Å². The zero-order valence-electron chi connectivity index (χ0n) is 10.8. The molecule has 0 fully saturated rings. The highest BCUT2D eigenvalue weighted by Gasteiger charge is 2.02. The van der Waals surface area contributed by atoms with Crippen LogP contribution in [0.25, 0.3) is 0 Å². The third-order valence-corrected chi connectivity index (χ3v) is 3.60. The first kappa shape index (κ1) is 13.7. The number of anilines is 1. The molecule has 0 aliphatic heterocycles. The van der Waals surface area contributed by atoms with Crippen molar-refractivity contribution in [3.8, 4) is 5.75 Å². The maximum Gasteiger partial charge on any atom is 0.144 e. The van der Waals surface area contributed by atoms with Crippen LogP contribution in [0.1, 0.15) is 19.0 Å². The van der Waals surface area contributed by atoms with E-state index in [4.69, 9.17) is 0 Å². The van der Waals surface area contributed by atoms with Crippen LogP contribution in [0.4, 0.5) is 5.82 Å². The standard InChI is InChI=1S/C14H17N3OS/c1-2-7-15-14-9-16-11(8-17-14)10-19-13-6-4-3-5-12(13)18/h3-6,8-9,18H,2,7,10H2,1H3,(H,15,17). The second-order valence-electron chi connectivity index (χ2n) is 4.08. The van der Waals surface area contributed by atoms with E-state index in [0.29, 0.717) is 11.5 Å². The van der Waals surface area contributed by atoms with Gasteiger partial charge in [0.25, 0.3) is 0 Å². The second kappa shape index (κ2) is 6.99. The molecule has 0 radical (unpaired) electrons. The molecule has 2 rings (SSSR count). The van der Waals surface area contributed by atoms with Crippen molar-refractivity contribution < 1.29 is 5.11 Å². The van der Waals surface area contributed by atoms with Gasteiger partial charge in [-0.2, -0.15) is 0 Å². The molecule has 0 amide bonds. The number of aromatic nitrogens is 2.